The van der Waals surface area contributed by atoms with E-state index in [9.17, 15) is 9.18 Å². The Morgan fingerprint density at radius 2 is 2.00 bits per heavy atom. The molecule has 0 saturated heterocycles. The molecule has 0 aromatic heterocycles. The van der Waals surface area contributed by atoms with Gasteiger partial charge in [0, 0.05) is 11.5 Å². The van der Waals surface area contributed by atoms with Gasteiger partial charge in [-0.15, -0.1) is 0 Å². The minimum atomic E-state index is -0.473. The summed E-state index contributed by atoms with van der Waals surface area (Å²) in [6.45, 7) is 4.32. The Morgan fingerprint density at radius 1 is 1.33 bits per heavy atom. The van der Waals surface area contributed by atoms with E-state index in [1.165, 1.54) is 6.07 Å². The van der Waals surface area contributed by atoms with Gasteiger partial charge in [0.15, 0.2) is 0 Å². The minimum absolute atomic E-state index is 0.0592. The van der Waals surface area contributed by atoms with Crippen LogP contribution in [0.25, 0.3) is 0 Å². The third-order valence-corrected chi connectivity index (χ3v) is 3.21. The lowest BCUT2D eigenvalue weighted by atomic mass is 9.97. The molecule has 3 N–H and O–H groups in total. The zero-order chi connectivity index (χ0) is 15.7. The Bertz CT molecular complexity index is 525. The number of amides is 1. The molecule has 0 fully saturated rings. The summed E-state index contributed by atoms with van der Waals surface area (Å²) in [5.74, 6) is 4.78. The van der Waals surface area contributed by atoms with E-state index in [4.69, 9.17) is 5.73 Å². The zero-order valence-corrected chi connectivity index (χ0v) is 12.7. The summed E-state index contributed by atoms with van der Waals surface area (Å²) in [5.41, 5.74) is 6.03. The van der Waals surface area contributed by atoms with Gasteiger partial charge in [-0.2, -0.15) is 0 Å². The van der Waals surface area contributed by atoms with Crippen LogP contribution in [-0.4, -0.2) is 12.5 Å². The van der Waals surface area contributed by atoms with Crippen molar-refractivity contribution in [3.05, 3.63) is 29.6 Å². The molecule has 114 valence electrons. The highest BCUT2D eigenvalue weighted by Gasteiger charge is 2.17. The number of nitrogens with two attached hydrogens (primary N) is 1. The van der Waals surface area contributed by atoms with Crippen molar-refractivity contribution in [2.24, 2.45) is 11.7 Å². The minimum Gasteiger partial charge on any atom is -0.323 e. The second kappa shape index (κ2) is 9.15. The van der Waals surface area contributed by atoms with Crippen molar-refractivity contribution < 1.29 is 9.18 Å². The molecule has 0 bridgehead atoms. The topological polar surface area (TPSA) is 55.1 Å². The third-order valence-electron chi connectivity index (χ3n) is 3.21. The van der Waals surface area contributed by atoms with Crippen LogP contribution in [-0.2, 0) is 4.79 Å². The van der Waals surface area contributed by atoms with Crippen molar-refractivity contribution in [1.82, 2.24) is 0 Å². The number of carbonyl (C=O) groups is 1. The maximum atomic E-state index is 14.0. The molecule has 1 aromatic carbocycles. The van der Waals surface area contributed by atoms with Gasteiger partial charge in [-0.1, -0.05) is 38.5 Å². The smallest absolute Gasteiger partial charge is 0.227 e. The summed E-state index contributed by atoms with van der Waals surface area (Å²) in [5, 5.41) is 2.68. The molecule has 3 nitrogen and oxygen atoms in total. The SMILES string of the molecule is CCCC(CCC)C(=O)Nc1ccc(C#CCN)cc1F. The summed E-state index contributed by atoms with van der Waals surface area (Å²) < 4.78 is 14.0. The fraction of sp³-hybridized carbons (Fsp3) is 0.471. The van der Waals surface area contributed by atoms with E-state index in [2.05, 4.69) is 17.2 Å². The number of hydrogen-bond donors (Lipinski definition) is 2. The predicted octanol–water partition coefficient (Wildman–Crippen LogP) is 3.29. The lowest BCUT2D eigenvalue weighted by molar-refractivity contribution is -0.120. The molecule has 21 heavy (non-hydrogen) atoms. The largest absolute Gasteiger partial charge is 0.323 e. The van der Waals surface area contributed by atoms with Crippen molar-refractivity contribution in [3.8, 4) is 11.8 Å². The Hall–Kier alpha value is -1.86. The van der Waals surface area contributed by atoms with E-state index in [-0.39, 0.29) is 24.1 Å². The van der Waals surface area contributed by atoms with E-state index < -0.39 is 5.82 Å². The molecule has 0 radical (unpaired) electrons. The van der Waals surface area contributed by atoms with Gasteiger partial charge in [-0.3, -0.25) is 4.79 Å². The van der Waals surface area contributed by atoms with Gasteiger partial charge in [0.25, 0.3) is 0 Å². The second-order valence-electron chi connectivity index (χ2n) is 4.96. The van der Waals surface area contributed by atoms with E-state index in [1.807, 2.05) is 13.8 Å². The normalized spacial score (nSPS) is 10.1. The standard InChI is InChI=1S/C17H23FN2O/c1-3-6-14(7-4-2)17(21)20-16-10-9-13(8-5-11-19)12-15(16)18/h9-10,12,14H,3-4,6-7,11,19H2,1-2H3,(H,20,21). The van der Waals surface area contributed by atoms with E-state index >= 15 is 0 Å². The maximum absolute atomic E-state index is 14.0. The van der Waals surface area contributed by atoms with Crippen LogP contribution in [0.1, 0.15) is 45.1 Å². The molecule has 0 spiro atoms. The molecule has 0 heterocycles. The van der Waals surface area contributed by atoms with E-state index in [0.717, 1.165) is 25.7 Å². The fourth-order valence-corrected chi connectivity index (χ4v) is 2.19. The van der Waals surface area contributed by atoms with Gasteiger partial charge in [-0.05, 0) is 31.0 Å². The first-order chi connectivity index (χ1) is 10.1. The van der Waals surface area contributed by atoms with Crippen LogP contribution in [0.2, 0.25) is 0 Å². The lowest BCUT2D eigenvalue weighted by Gasteiger charge is -2.15. The first-order valence-electron chi connectivity index (χ1n) is 7.41. The molecule has 0 aliphatic heterocycles. The third kappa shape index (κ3) is 5.57. The molecule has 0 unspecified atom stereocenters. The van der Waals surface area contributed by atoms with Gasteiger partial charge in [0.05, 0.1) is 12.2 Å². The Kier molecular flexibility index (Phi) is 7.49. The first-order valence-corrected chi connectivity index (χ1v) is 7.41. The quantitative estimate of drug-likeness (QED) is 0.790. The van der Waals surface area contributed by atoms with Crippen LogP contribution < -0.4 is 11.1 Å². The van der Waals surface area contributed by atoms with Gasteiger partial charge in [-0.25, -0.2) is 4.39 Å². The van der Waals surface area contributed by atoms with Crippen LogP contribution in [0.4, 0.5) is 10.1 Å². The number of rotatable bonds is 6. The number of hydrogen-bond acceptors (Lipinski definition) is 2. The van der Waals surface area contributed by atoms with Crippen molar-refractivity contribution in [2.75, 3.05) is 11.9 Å². The molecule has 1 amide bonds. The van der Waals surface area contributed by atoms with Crippen molar-refractivity contribution >= 4 is 11.6 Å². The second-order valence-corrected chi connectivity index (χ2v) is 4.96. The number of halogens is 1. The molecule has 4 heteroatoms. The molecule has 0 aliphatic rings. The first kappa shape index (κ1) is 17.2. The highest BCUT2D eigenvalue weighted by atomic mass is 19.1. The Morgan fingerprint density at radius 3 is 2.52 bits per heavy atom. The van der Waals surface area contributed by atoms with Gasteiger partial charge >= 0.3 is 0 Å². The number of benzene rings is 1. The molecule has 0 atom stereocenters. The fourth-order valence-electron chi connectivity index (χ4n) is 2.19. The van der Waals surface area contributed by atoms with Crippen molar-refractivity contribution in [3.63, 3.8) is 0 Å². The number of carbonyl (C=O) groups excluding carboxylic acids is 1. The molecule has 1 rings (SSSR count). The van der Waals surface area contributed by atoms with Gasteiger partial charge < -0.3 is 11.1 Å². The molecular formula is C17H23FN2O. The molecule has 0 aliphatic carbocycles. The van der Waals surface area contributed by atoms with E-state index in [0.29, 0.717) is 5.56 Å². The van der Waals surface area contributed by atoms with Crippen LogP contribution in [0.5, 0.6) is 0 Å². The Labute approximate surface area is 126 Å². The maximum Gasteiger partial charge on any atom is 0.227 e. The number of anilines is 1. The molecular weight excluding hydrogens is 267 g/mol. The highest BCUT2D eigenvalue weighted by molar-refractivity contribution is 5.92. The van der Waals surface area contributed by atoms with Crippen molar-refractivity contribution in [2.45, 2.75) is 39.5 Å². The average molecular weight is 290 g/mol. The average Bonchev–Trinajstić information content (AvgIpc) is 2.47. The summed E-state index contributed by atoms with van der Waals surface area (Å²) in [4.78, 5) is 12.2. The van der Waals surface area contributed by atoms with Gasteiger partial charge in [0.1, 0.15) is 5.82 Å². The zero-order valence-electron chi connectivity index (χ0n) is 12.7. The highest BCUT2D eigenvalue weighted by Crippen LogP contribution is 2.20. The molecule has 1 aromatic rings. The van der Waals surface area contributed by atoms with Crippen LogP contribution >= 0.6 is 0 Å². The molecule has 0 saturated carbocycles. The van der Waals surface area contributed by atoms with Gasteiger partial charge in [0.2, 0.25) is 5.91 Å². The number of nitrogens with one attached hydrogen (secondary N) is 1. The van der Waals surface area contributed by atoms with Crippen LogP contribution in [0.3, 0.4) is 0 Å². The lowest BCUT2D eigenvalue weighted by Crippen LogP contribution is -2.23. The van der Waals surface area contributed by atoms with Crippen LogP contribution in [0.15, 0.2) is 18.2 Å². The Balaban J connectivity index is 2.79. The summed E-state index contributed by atoms with van der Waals surface area (Å²) in [6.07, 6.45) is 3.52. The van der Waals surface area contributed by atoms with Crippen molar-refractivity contribution in [1.29, 1.82) is 0 Å². The summed E-state index contributed by atoms with van der Waals surface area (Å²) >= 11 is 0. The predicted molar refractivity (Wildman–Crippen MR) is 84.3 cm³/mol. The monoisotopic (exact) mass is 290 g/mol. The van der Waals surface area contributed by atoms with Crippen LogP contribution in [0, 0.1) is 23.6 Å². The van der Waals surface area contributed by atoms with E-state index in [1.54, 1.807) is 12.1 Å². The summed E-state index contributed by atoms with van der Waals surface area (Å²) in [7, 11) is 0. The summed E-state index contributed by atoms with van der Waals surface area (Å²) in [6, 6.07) is 4.53.